The Morgan fingerprint density at radius 2 is 1.94 bits per heavy atom. The third-order valence-corrected chi connectivity index (χ3v) is 6.80. The highest BCUT2D eigenvalue weighted by Crippen LogP contribution is 2.51. The largest absolute Gasteiger partial charge is 0.416 e. The number of anilines is 2. The topological polar surface area (TPSA) is 54.5 Å². The number of hydrogen-bond donors (Lipinski definition) is 1. The molecule has 1 N–H and O–H groups in total. The van der Waals surface area contributed by atoms with E-state index in [9.17, 15) is 18.0 Å². The van der Waals surface area contributed by atoms with E-state index in [1.165, 1.54) is 12.1 Å². The summed E-state index contributed by atoms with van der Waals surface area (Å²) in [6, 6.07) is 11.0. The van der Waals surface area contributed by atoms with Crippen LogP contribution < -0.4 is 10.2 Å². The van der Waals surface area contributed by atoms with Gasteiger partial charge in [0.25, 0.3) is 0 Å². The maximum absolute atomic E-state index is 13.3. The van der Waals surface area contributed by atoms with E-state index in [2.05, 4.69) is 15.2 Å². The van der Waals surface area contributed by atoms with E-state index >= 15 is 0 Å². The van der Waals surface area contributed by atoms with Crippen molar-refractivity contribution in [2.45, 2.75) is 18.5 Å². The zero-order valence-electron chi connectivity index (χ0n) is 16.5. The number of amides is 1. The second-order valence-corrected chi connectivity index (χ2v) is 8.81. The van der Waals surface area contributed by atoms with Crippen LogP contribution in [0.1, 0.15) is 23.5 Å². The molecule has 0 spiro atoms. The summed E-state index contributed by atoms with van der Waals surface area (Å²) in [5.41, 5.74) is 1.03. The van der Waals surface area contributed by atoms with Crippen LogP contribution >= 0.6 is 11.3 Å². The maximum Gasteiger partial charge on any atom is 0.416 e. The van der Waals surface area contributed by atoms with E-state index in [4.69, 9.17) is 4.74 Å². The number of fused-ring (bicyclic) bond motifs is 1. The molecule has 2 fully saturated rings. The Balaban J connectivity index is 1.29. The lowest BCUT2D eigenvalue weighted by molar-refractivity contribution is -0.138. The molecule has 9 heteroatoms. The number of carbonyl (C=O) groups is 1. The van der Waals surface area contributed by atoms with Crippen molar-refractivity contribution < 1.29 is 22.7 Å². The van der Waals surface area contributed by atoms with Gasteiger partial charge in [-0.15, -0.1) is 0 Å². The SMILES string of the molecule is O=C(Nc1ccc2nc(N3CCOCC3)sc2c1)C1CC1c1ccccc1C(F)(F)F. The van der Waals surface area contributed by atoms with Gasteiger partial charge in [0.05, 0.1) is 29.0 Å². The molecular formula is C22H20F3N3O2S. The van der Waals surface area contributed by atoms with Gasteiger partial charge in [0.1, 0.15) is 0 Å². The number of aromatic nitrogens is 1. The highest BCUT2D eigenvalue weighted by molar-refractivity contribution is 7.22. The molecular weight excluding hydrogens is 427 g/mol. The Labute approximate surface area is 180 Å². The number of morpholine rings is 1. The Hall–Kier alpha value is -2.65. The molecule has 1 aliphatic carbocycles. The molecule has 1 saturated carbocycles. The Morgan fingerprint density at radius 1 is 1.16 bits per heavy atom. The second kappa shape index (κ2) is 7.80. The second-order valence-electron chi connectivity index (χ2n) is 7.80. The van der Waals surface area contributed by atoms with Crippen LogP contribution in [0.5, 0.6) is 0 Å². The smallest absolute Gasteiger partial charge is 0.378 e. The van der Waals surface area contributed by atoms with E-state index in [0.29, 0.717) is 25.3 Å². The third-order valence-electron chi connectivity index (χ3n) is 5.72. The van der Waals surface area contributed by atoms with Crippen molar-refractivity contribution in [2.24, 2.45) is 5.92 Å². The van der Waals surface area contributed by atoms with Crippen molar-refractivity contribution in [3.8, 4) is 0 Å². The van der Waals surface area contributed by atoms with Crippen LogP contribution in [0, 0.1) is 5.92 Å². The highest BCUT2D eigenvalue weighted by atomic mass is 32.1. The first kappa shape index (κ1) is 20.3. The third kappa shape index (κ3) is 4.12. The average Bonchev–Trinajstić information content (AvgIpc) is 3.45. The zero-order valence-corrected chi connectivity index (χ0v) is 17.3. The lowest BCUT2D eigenvalue weighted by Crippen LogP contribution is -2.36. The molecule has 1 amide bonds. The highest BCUT2D eigenvalue weighted by Gasteiger charge is 2.47. The van der Waals surface area contributed by atoms with Crippen LogP contribution in [-0.2, 0) is 15.7 Å². The van der Waals surface area contributed by atoms with Gasteiger partial charge in [-0.05, 0) is 42.2 Å². The van der Waals surface area contributed by atoms with E-state index in [0.717, 1.165) is 34.5 Å². The van der Waals surface area contributed by atoms with Gasteiger partial charge in [0.2, 0.25) is 5.91 Å². The molecule has 2 atom stereocenters. The standard InChI is InChI=1S/C22H20F3N3O2S/c23-22(24,25)17-4-2-1-3-14(17)15-12-16(15)20(29)26-13-5-6-18-19(11-13)31-21(27-18)28-7-9-30-10-8-28/h1-6,11,15-16H,7-10,12H2,(H,26,29). The van der Waals surface area contributed by atoms with Crippen LogP contribution in [-0.4, -0.2) is 37.2 Å². The van der Waals surface area contributed by atoms with Gasteiger partial charge in [0, 0.05) is 24.7 Å². The van der Waals surface area contributed by atoms with Gasteiger partial charge in [0.15, 0.2) is 5.13 Å². The Bertz CT molecular complexity index is 1120. The molecule has 5 nitrogen and oxygen atoms in total. The number of ether oxygens (including phenoxy) is 1. The van der Waals surface area contributed by atoms with E-state index in [1.54, 1.807) is 23.5 Å². The first-order chi connectivity index (χ1) is 14.9. The molecule has 2 heterocycles. The van der Waals surface area contributed by atoms with Crippen molar-refractivity contribution in [3.05, 3.63) is 53.6 Å². The van der Waals surface area contributed by atoms with E-state index in [-0.39, 0.29) is 11.5 Å². The van der Waals surface area contributed by atoms with Gasteiger partial charge in [-0.2, -0.15) is 13.2 Å². The molecule has 2 unspecified atom stereocenters. The maximum atomic E-state index is 13.3. The minimum Gasteiger partial charge on any atom is -0.378 e. The van der Waals surface area contributed by atoms with Crippen LogP contribution in [0.3, 0.4) is 0 Å². The minimum absolute atomic E-state index is 0.197. The summed E-state index contributed by atoms with van der Waals surface area (Å²) in [4.78, 5) is 19.5. The summed E-state index contributed by atoms with van der Waals surface area (Å²) in [6.07, 6.45) is -4.00. The normalized spacial score (nSPS) is 21.3. The van der Waals surface area contributed by atoms with Crippen LogP contribution in [0.2, 0.25) is 0 Å². The fourth-order valence-corrected chi connectivity index (χ4v) is 5.08. The Morgan fingerprint density at radius 3 is 2.71 bits per heavy atom. The molecule has 1 aliphatic heterocycles. The summed E-state index contributed by atoms with van der Waals surface area (Å²) >= 11 is 1.55. The number of benzene rings is 2. The molecule has 2 aromatic carbocycles. The summed E-state index contributed by atoms with van der Waals surface area (Å²) in [7, 11) is 0. The van der Waals surface area contributed by atoms with Gasteiger partial charge >= 0.3 is 6.18 Å². The van der Waals surface area contributed by atoms with Gasteiger partial charge in [-0.1, -0.05) is 29.5 Å². The monoisotopic (exact) mass is 447 g/mol. The van der Waals surface area contributed by atoms with Crippen molar-refractivity contribution in [1.82, 2.24) is 4.98 Å². The molecule has 162 valence electrons. The number of nitrogens with zero attached hydrogens (tertiary/aromatic N) is 2. The molecule has 1 saturated heterocycles. The average molecular weight is 447 g/mol. The summed E-state index contributed by atoms with van der Waals surface area (Å²) in [5.74, 6) is -1.11. The predicted octanol–water partition coefficient (Wildman–Crippen LogP) is 4.89. The summed E-state index contributed by atoms with van der Waals surface area (Å²) in [6.45, 7) is 2.95. The van der Waals surface area contributed by atoms with Crippen LogP contribution in [0.4, 0.5) is 24.0 Å². The number of thiazole rings is 1. The van der Waals surface area contributed by atoms with Gasteiger partial charge < -0.3 is 15.0 Å². The molecule has 1 aromatic heterocycles. The lowest BCUT2D eigenvalue weighted by atomic mass is 10.0. The molecule has 0 radical (unpaired) electrons. The zero-order chi connectivity index (χ0) is 21.6. The summed E-state index contributed by atoms with van der Waals surface area (Å²) in [5, 5.41) is 3.79. The predicted molar refractivity (Wildman–Crippen MR) is 114 cm³/mol. The lowest BCUT2D eigenvalue weighted by Gasteiger charge is -2.25. The van der Waals surface area contributed by atoms with Gasteiger partial charge in [-0.3, -0.25) is 4.79 Å². The number of alkyl halides is 3. The van der Waals surface area contributed by atoms with Crippen molar-refractivity contribution in [2.75, 3.05) is 36.5 Å². The fraction of sp³-hybridized carbons (Fsp3) is 0.364. The molecule has 2 aliphatic rings. The van der Waals surface area contributed by atoms with Crippen molar-refractivity contribution >= 4 is 38.3 Å². The van der Waals surface area contributed by atoms with Crippen LogP contribution in [0.15, 0.2) is 42.5 Å². The number of halogens is 3. The van der Waals surface area contributed by atoms with Crippen molar-refractivity contribution in [1.29, 1.82) is 0 Å². The van der Waals surface area contributed by atoms with Crippen LogP contribution in [0.25, 0.3) is 10.2 Å². The molecule has 31 heavy (non-hydrogen) atoms. The number of nitrogens with one attached hydrogen (secondary N) is 1. The van der Waals surface area contributed by atoms with Crippen molar-refractivity contribution in [3.63, 3.8) is 0 Å². The molecule has 3 aromatic rings. The number of carbonyl (C=O) groups excluding carboxylic acids is 1. The number of rotatable bonds is 4. The number of hydrogen-bond acceptors (Lipinski definition) is 5. The van der Waals surface area contributed by atoms with E-state index < -0.39 is 23.6 Å². The fourth-order valence-electron chi connectivity index (χ4n) is 4.02. The Kier molecular flexibility index (Phi) is 5.10. The van der Waals surface area contributed by atoms with E-state index in [1.807, 2.05) is 12.1 Å². The molecule has 0 bridgehead atoms. The first-order valence-corrected chi connectivity index (χ1v) is 10.9. The van der Waals surface area contributed by atoms with Gasteiger partial charge in [-0.25, -0.2) is 4.98 Å². The quantitative estimate of drug-likeness (QED) is 0.619. The summed E-state index contributed by atoms with van der Waals surface area (Å²) < 4.78 is 46.2. The first-order valence-electron chi connectivity index (χ1n) is 10.1. The molecule has 5 rings (SSSR count). The minimum atomic E-state index is -4.42.